The van der Waals surface area contributed by atoms with E-state index in [2.05, 4.69) is 29.1 Å². The van der Waals surface area contributed by atoms with Crippen LogP contribution < -0.4 is 5.32 Å². The molecule has 6 nitrogen and oxygen atoms in total. The lowest BCUT2D eigenvalue weighted by molar-refractivity contribution is 0.194. The second kappa shape index (κ2) is 6.58. The number of rotatable bonds is 6. The molecule has 0 aliphatic carbocycles. The normalized spacial score (nSPS) is 12.8. The molecule has 6 heteroatoms. The van der Waals surface area contributed by atoms with Crippen LogP contribution in [0.5, 0.6) is 0 Å². The number of aliphatic hydroxyl groups excluding tert-OH is 1. The summed E-state index contributed by atoms with van der Waals surface area (Å²) in [6.07, 6.45) is -0.181. The SMILES string of the molecule is CC(C)CC(CO)c1nc2cc(CNC(=O)O)ccc2[nH]1. The van der Waals surface area contributed by atoms with Crippen molar-refractivity contribution in [1.29, 1.82) is 0 Å². The zero-order valence-electron chi connectivity index (χ0n) is 12.3. The molecule has 0 saturated carbocycles. The van der Waals surface area contributed by atoms with Crippen LogP contribution in [-0.2, 0) is 6.54 Å². The molecular formula is C15H21N3O3. The van der Waals surface area contributed by atoms with E-state index in [1.165, 1.54) is 0 Å². The summed E-state index contributed by atoms with van der Waals surface area (Å²) >= 11 is 0. The van der Waals surface area contributed by atoms with Gasteiger partial charge >= 0.3 is 6.09 Å². The zero-order chi connectivity index (χ0) is 15.4. The average Bonchev–Trinajstić information content (AvgIpc) is 2.85. The molecule has 0 spiro atoms. The minimum absolute atomic E-state index is 0.00186. The van der Waals surface area contributed by atoms with Crippen LogP contribution in [0.4, 0.5) is 4.79 Å². The predicted octanol–water partition coefficient (Wildman–Crippen LogP) is 2.45. The maximum atomic E-state index is 10.5. The van der Waals surface area contributed by atoms with Gasteiger partial charge in [-0.15, -0.1) is 0 Å². The number of hydrogen-bond donors (Lipinski definition) is 4. The van der Waals surface area contributed by atoms with Crippen LogP contribution in [0.1, 0.15) is 37.6 Å². The molecule has 0 saturated heterocycles. The van der Waals surface area contributed by atoms with Crippen LogP contribution in [0.15, 0.2) is 18.2 Å². The molecule has 1 aromatic carbocycles. The maximum absolute atomic E-state index is 10.5. The zero-order valence-corrected chi connectivity index (χ0v) is 12.3. The third-order valence-electron chi connectivity index (χ3n) is 3.37. The van der Waals surface area contributed by atoms with E-state index in [4.69, 9.17) is 5.11 Å². The van der Waals surface area contributed by atoms with Crippen molar-refractivity contribution in [2.75, 3.05) is 6.61 Å². The Bertz CT molecular complexity index is 622. The minimum atomic E-state index is -1.05. The molecule has 0 aliphatic heterocycles. The highest BCUT2D eigenvalue weighted by Gasteiger charge is 2.16. The fourth-order valence-electron chi connectivity index (χ4n) is 2.39. The molecule has 1 amide bonds. The number of hydrogen-bond acceptors (Lipinski definition) is 3. The molecule has 0 aliphatic rings. The van der Waals surface area contributed by atoms with Crippen LogP contribution in [0, 0.1) is 5.92 Å². The number of H-pyrrole nitrogens is 1. The molecule has 1 aromatic heterocycles. The summed E-state index contributed by atoms with van der Waals surface area (Å²) in [7, 11) is 0. The number of imidazole rings is 1. The monoisotopic (exact) mass is 291 g/mol. The molecule has 0 radical (unpaired) electrons. The van der Waals surface area contributed by atoms with Crippen LogP contribution in [-0.4, -0.2) is 32.9 Å². The van der Waals surface area contributed by atoms with Crippen molar-refractivity contribution in [1.82, 2.24) is 15.3 Å². The van der Waals surface area contributed by atoms with Crippen LogP contribution in [0.3, 0.4) is 0 Å². The fourth-order valence-corrected chi connectivity index (χ4v) is 2.39. The summed E-state index contributed by atoms with van der Waals surface area (Å²) in [4.78, 5) is 18.3. The van der Waals surface area contributed by atoms with E-state index in [1.54, 1.807) is 0 Å². The summed E-state index contributed by atoms with van der Waals surface area (Å²) < 4.78 is 0. The molecule has 4 N–H and O–H groups in total. The first-order valence-corrected chi connectivity index (χ1v) is 7.05. The van der Waals surface area contributed by atoms with Crippen molar-refractivity contribution >= 4 is 17.1 Å². The van der Waals surface area contributed by atoms with Crippen LogP contribution in [0.25, 0.3) is 11.0 Å². The first-order chi connectivity index (χ1) is 9.99. The minimum Gasteiger partial charge on any atom is -0.465 e. The van der Waals surface area contributed by atoms with E-state index < -0.39 is 6.09 Å². The Labute approximate surface area is 123 Å². The lowest BCUT2D eigenvalue weighted by Crippen LogP contribution is -2.19. The van der Waals surface area contributed by atoms with E-state index in [0.29, 0.717) is 5.92 Å². The number of fused-ring (bicyclic) bond motifs is 1. The molecule has 1 atom stereocenters. The number of carboxylic acid groups (broad SMARTS) is 1. The lowest BCUT2D eigenvalue weighted by Gasteiger charge is -2.13. The van der Waals surface area contributed by atoms with Gasteiger partial charge in [0.1, 0.15) is 5.82 Å². The van der Waals surface area contributed by atoms with Crippen molar-refractivity contribution in [3.05, 3.63) is 29.6 Å². The van der Waals surface area contributed by atoms with E-state index in [-0.39, 0.29) is 19.1 Å². The largest absolute Gasteiger partial charge is 0.465 e. The summed E-state index contributed by atoms with van der Waals surface area (Å²) in [6, 6.07) is 5.60. The number of benzene rings is 1. The van der Waals surface area contributed by atoms with Gasteiger partial charge in [0, 0.05) is 12.5 Å². The maximum Gasteiger partial charge on any atom is 0.404 e. The van der Waals surface area contributed by atoms with Crippen molar-refractivity contribution in [3.8, 4) is 0 Å². The second-order valence-electron chi connectivity index (χ2n) is 5.64. The topological polar surface area (TPSA) is 98.2 Å². The third-order valence-corrected chi connectivity index (χ3v) is 3.37. The highest BCUT2D eigenvalue weighted by atomic mass is 16.4. The highest BCUT2D eigenvalue weighted by molar-refractivity contribution is 5.76. The molecule has 2 rings (SSSR count). The number of nitrogens with zero attached hydrogens (tertiary/aromatic N) is 1. The quantitative estimate of drug-likeness (QED) is 0.657. The van der Waals surface area contributed by atoms with Crippen molar-refractivity contribution in [3.63, 3.8) is 0 Å². The van der Waals surface area contributed by atoms with Crippen molar-refractivity contribution < 1.29 is 15.0 Å². The molecular weight excluding hydrogens is 270 g/mol. The molecule has 114 valence electrons. The number of amides is 1. The van der Waals surface area contributed by atoms with E-state index in [0.717, 1.165) is 28.8 Å². The van der Waals surface area contributed by atoms with Crippen molar-refractivity contribution in [2.45, 2.75) is 32.7 Å². The summed E-state index contributed by atoms with van der Waals surface area (Å²) in [5.74, 6) is 1.26. The van der Waals surface area contributed by atoms with Crippen LogP contribution in [0.2, 0.25) is 0 Å². The van der Waals surface area contributed by atoms with Gasteiger partial charge in [-0.3, -0.25) is 0 Å². The second-order valence-corrected chi connectivity index (χ2v) is 5.64. The molecule has 1 heterocycles. The van der Waals surface area contributed by atoms with Gasteiger partial charge in [-0.1, -0.05) is 19.9 Å². The van der Waals surface area contributed by atoms with E-state index in [9.17, 15) is 9.90 Å². The third kappa shape index (κ3) is 3.95. The lowest BCUT2D eigenvalue weighted by atomic mass is 9.97. The Kier molecular flexibility index (Phi) is 4.80. The van der Waals surface area contributed by atoms with Gasteiger partial charge in [0.25, 0.3) is 0 Å². The van der Waals surface area contributed by atoms with Gasteiger partial charge in [0.15, 0.2) is 0 Å². The average molecular weight is 291 g/mol. The first-order valence-electron chi connectivity index (χ1n) is 7.05. The van der Waals surface area contributed by atoms with Gasteiger partial charge in [-0.25, -0.2) is 9.78 Å². The molecule has 0 fully saturated rings. The Hall–Kier alpha value is -2.08. The highest BCUT2D eigenvalue weighted by Crippen LogP contribution is 2.24. The number of aromatic amines is 1. The first kappa shape index (κ1) is 15.3. The Balaban J connectivity index is 2.22. The van der Waals surface area contributed by atoms with Gasteiger partial charge in [0.2, 0.25) is 0 Å². The number of carbonyl (C=O) groups is 1. The van der Waals surface area contributed by atoms with Gasteiger partial charge < -0.3 is 20.5 Å². The summed E-state index contributed by atoms with van der Waals surface area (Å²) in [5, 5.41) is 20.5. The summed E-state index contributed by atoms with van der Waals surface area (Å²) in [5.41, 5.74) is 2.54. The number of nitrogens with one attached hydrogen (secondary N) is 2. The van der Waals surface area contributed by atoms with Gasteiger partial charge in [-0.05, 0) is 30.0 Å². The van der Waals surface area contributed by atoms with Crippen molar-refractivity contribution in [2.24, 2.45) is 5.92 Å². The standard InChI is InChI=1S/C15H21N3O3/c1-9(2)5-11(8-19)14-17-12-4-3-10(6-13(12)18-14)7-16-15(20)21/h3-4,6,9,11,16,19H,5,7-8H2,1-2H3,(H,17,18)(H,20,21). The van der Waals surface area contributed by atoms with Crippen LogP contribution >= 0.6 is 0 Å². The number of aliphatic hydroxyl groups is 1. The Morgan fingerprint density at radius 1 is 1.43 bits per heavy atom. The Morgan fingerprint density at radius 2 is 2.19 bits per heavy atom. The van der Waals surface area contributed by atoms with E-state index >= 15 is 0 Å². The molecule has 2 aromatic rings. The van der Waals surface area contributed by atoms with Gasteiger partial charge in [0.05, 0.1) is 17.6 Å². The van der Waals surface area contributed by atoms with E-state index in [1.807, 2.05) is 18.2 Å². The fraction of sp³-hybridized carbons (Fsp3) is 0.467. The predicted molar refractivity (Wildman–Crippen MR) is 80.2 cm³/mol. The molecule has 21 heavy (non-hydrogen) atoms. The smallest absolute Gasteiger partial charge is 0.404 e. The Morgan fingerprint density at radius 3 is 2.81 bits per heavy atom. The van der Waals surface area contributed by atoms with Gasteiger partial charge in [-0.2, -0.15) is 0 Å². The number of aromatic nitrogens is 2. The summed E-state index contributed by atoms with van der Waals surface area (Å²) in [6.45, 7) is 4.54. The molecule has 1 unspecified atom stereocenters. The molecule has 0 bridgehead atoms.